The van der Waals surface area contributed by atoms with E-state index < -0.39 is 17.6 Å². The molecule has 1 N–H and O–H groups in total. The van der Waals surface area contributed by atoms with E-state index in [1.807, 2.05) is 44.2 Å². The smallest absolute Gasteiger partial charge is 0.345 e. The lowest BCUT2D eigenvalue weighted by molar-refractivity contribution is -0.159. The molecule has 0 amide bonds. The molecule has 0 atom stereocenters. The summed E-state index contributed by atoms with van der Waals surface area (Å²) in [6.45, 7) is 3.93. The number of hydrogen-bond donors (Lipinski definition) is 1. The molecule has 6 nitrogen and oxygen atoms in total. The minimum atomic E-state index is -4.69. The van der Waals surface area contributed by atoms with Crippen molar-refractivity contribution in [2.75, 3.05) is 5.32 Å². The van der Waals surface area contributed by atoms with E-state index in [9.17, 15) is 13.2 Å². The second-order valence-corrected chi connectivity index (χ2v) is 5.83. The fraction of sp³-hybridized carbons (Fsp3) is 0.250. The highest BCUT2D eigenvalue weighted by Gasteiger charge is 2.38. The molecule has 0 aliphatic rings. The van der Waals surface area contributed by atoms with Gasteiger partial charge in [-0.05, 0) is 19.4 Å². The molecular formula is C16H14F3N5O. The summed E-state index contributed by atoms with van der Waals surface area (Å²) in [5, 5.41) is 6.47. The van der Waals surface area contributed by atoms with E-state index >= 15 is 0 Å². The Hall–Kier alpha value is -2.97. The van der Waals surface area contributed by atoms with E-state index in [1.165, 1.54) is 12.4 Å². The van der Waals surface area contributed by atoms with E-state index in [0.29, 0.717) is 5.95 Å². The van der Waals surface area contributed by atoms with Crippen molar-refractivity contribution < 1.29 is 17.7 Å². The van der Waals surface area contributed by atoms with Crippen LogP contribution in [0, 0.1) is 0 Å². The maximum absolute atomic E-state index is 12.5. The van der Waals surface area contributed by atoms with Crippen molar-refractivity contribution in [3.8, 4) is 11.4 Å². The van der Waals surface area contributed by atoms with Gasteiger partial charge in [0.2, 0.25) is 11.8 Å². The second-order valence-electron chi connectivity index (χ2n) is 5.83. The van der Waals surface area contributed by atoms with E-state index in [2.05, 4.69) is 29.9 Å². The molecule has 2 aromatic heterocycles. The zero-order valence-corrected chi connectivity index (χ0v) is 13.4. The number of aromatic nitrogens is 4. The molecule has 0 unspecified atom stereocenters. The number of benzene rings is 1. The van der Waals surface area contributed by atoms with E-state index in [-0.39, 0.29) is 11.4 Å². The first-order valence-corrected chi connectivity index (χ1v) is 7.33. The number of rotatable bonds is 4. The summed E-state index contributed by atoms with van der Waals surface area (Å²) in [6.07, 6.45) is -2.02. The lowest BCUT2D eigenvalue weighted by Gasteiger charge is -2.26. The van der Waals surface area contributed by atoms with E-state index in [1.54, 1.807) is 0 Å². The van der Waals surface area contributed by atoms with Crippen LogP contribution in [0.5, 0.6) is 0 Å². The van der Waals surface area contributed by atoms with Crippen molar-refractivity contribution in [2.45, 2.75) is 25.6 Å². The molecule has 0 saturated heterocycles. The first-order chi connectivity index (χ1) is 11.8. The van der Waals surface area contributed by atoms with Gasteiger partial charge in [-0.1, -0.05) is 35.5 Å². The molecule has 9 heteroatoms. The quantitative estimate of drug-likeness (QED) is 0.770. The maximum Gasteiger partial charge on any atom is 0.471 e. The molecular weight excluding hydrogens is 335 g/mol. The number of hydrogen-bond acceptors (Lipinski definition) is 6. The molecule has 3 aromatic rings. The van der Waals surface area contributed by atoms with E-state index in [4.69, 9.17) is 0 Å². The molecule has 0 fully saturated rings. The predicted molar refractivity (Wildman–Crippen MR) is 83.4 cm³/mol. The summed E-state index contributed by atoms with van der Waals surface area (Å²) in [5.41, 5.74) is 0.830. The molecule has 25 heavy (non-hydrogen) atoms. The summed E-state index contributed by atoms with van der Waals surface area (Å²) >= 11 is 0. The first-order valence-electron chi connectivity index (χ1n) is 7.33. The van der Waals surface area contributed by atoms with Crippen LogP contribution in [0.3, 0.4) is 0 Å². The number of alkyl halides is 3. The molecule has 0 saturated carbocycles. The Kier molecular flexibility index (Phi) is 4.15. The van der Waals surface area contributed by atoms with Crippen molar-refractivity contribution in [3.63, 3.8) is 0 Å². The van der Waals surface area contributed by atoms with Crippen molar-refractivity contribution in [2.24, 2.45) is 0 Å². The van der Waals surface area contributed by atoms with Gasteiger partial charge >= 0.3 is 12.1 Å². The standard InChI is InChI=1S/C16H14F3N5O/c1-15(2,11-6-4-3-5-7-11)23-14-20-8-10(9-21-14)12-22-13(25-24-12)16(17,18)19/h3-9H,1-2H3,(H,20,21,23). The Morgan fingerprint density at radius 2 is 1.64 bits per heavy atom. The Labute approximate surface area is 141 Å². The average Bonchev–Trinajstić information content (AvgIpc) is 3.06. The minimum Gasteiger partial charge on any atom is -0.345 e. The minimum absolute atomic E-state index is 0.221. The van der Waals surface area contributed by atoms with Gasteiger partial charge in [0.1, 0.15) is 0 Å². The predicted octanol–water partition coefficient (Wildman–Crippen LogP) is 3.89. The first kappa shape index (κ1) is 16.9. The molecule has 3 rings (SSSR count). The SMILES string of the molecule is CC(C)(Nc1ncc(-c2noc(C(F)(F)F)n2)cn1)c1ccccc1. The van der Waals surface area contributed by atoms with Gasteiger partial charge in [-0.25, -0.2) is 9.97 Å². The summed E-state index contributed by atoms with van der Waals surface area (Å²) < 4.78 is 41.7. The summed E-state index contributed by atoms with van der Waals surface area (Å²) in [5.74, 6) is -1.30. The third kappa shape index (κ3) is 3.76. The van der Waals surface area contributed by atoms with Gasteiger partial charge in [-0.2, -0.15) is 18.2 Å². The summed E-state index contributed by atoms with van der Waals surface area (Å²) in [7, 11) is 0. The van der Waals surface area contributed by atoms with Crippen LogP contribution >= 0.6 is 0 Å². The van der Waals surface area contributed by atoms with Crippen LogP contribution in [0.1, 0.15) is 25.3 Å². The van der Waals surface area contributed by atoms with Crippen molar-refractivity contribution in [1.29, 1.82) is 0 Å². The van der Waals surface area contributed by atoms with Gasteiger partial charge in [0.25, 0.3) is 0 Å². The highest BCUT2D eigenvalue weighted by atomic mass is 19.4. The summed E-state index contributed by atoms with van der Waals surface area (Å²) in [4.78, 5) is 11.5. The Morgan fingerprint density at radius 3 is 2.20 bits per heavy atom. The van der Waals surface area contributed by atoms with Gasteiger partial charge in [-0.15, -0.1) is 0 Å². The normalized spacial score (nSPS) is 12.2. The zero-order chi connectivity index (χ0) is 18.1. The van der Waals surface area contributed by atoms with Gasteiger partial charge < -0.3 is 9.84 Å². The topological polar surface area (TPSA) is 76.7 Å². The van der Waals surface area contributed by atoms with Crippen LogP contribution in [-0.2, 0) is 11.7 Å². The molecule has 1 aromatic carbocycles. The Bertz CT molecular complexity index is 844. The number of nitrogens with zero attached hydrogens (tertiary/aromatic N) is 4. The lowest BCUT2D eigenvalue weighted by Crippen LogP contribution is -2.28. The van der Waals surface area contributed by atoms with E-state index in [0.717, 1.165) is 5.56 Å². The molecule has 0 bridgehead atoms. The Morgan fingerprint density at radius 1 is 1.00 bits per heavy atom. The van der Waals surface area contributed by atoms with Crippen molar-refractivity contribution in [1.82, 2.24) is 20.1 Å². The zero-order valence-electron chi connectivity index (χ0n) is 13.4. The molecule has 0 radical (unpaired) electrons. The highest BCUT2D eigenvalue weighted by Crippen LogP contribution is 2.29. The number of nitrogens with one attached hydrogen (secondary N) is 1. The van der Waals surface area contributed by atoms with Crippen molar-refractivity contribution >= 4 is 5.95 Å². The van der Waals surface area contributed by atoms with Crippen LogP contribution in [-0.4, -0.2) is 20.1 Å². The highest BCUT2D eigenvalue weighted by molar-refractivity contribution is 5.52. The van der Waals surface area contributed by atoms with Crippen LogP contribution in [0.15, 0.2) is 47.2 Å². The lowest BCUT2D eigenvalue weighted by atomic mass is 9.95. The number of halogens is 3. The molecule has 0 aliphatic carbocycles. The number of anilines is 1. The maximum atomic E-state index is 12.5. The summed E-state index contributed by atoms with van der Waals surface area (Å²) in [6, 6.07) is 9.72. The molecule has 0 aliphatic heterocycles. The Balaban J connectivity index is 1.78. The van der Waals surface area contributed by atoms with Gasteiger partial charge in [0, 0.05) is 12.4 Å². The average molecular weight is 349 g/mol. The molecule has 2 heterocycles. The monoisotopic (exact) mass is 349 g/mol. The molecule has 0 spiro atoms. The van der Waals surface area contributed by atoms with Crippen molar-refractivity contribution in [3.05, 3.63) is 54.2 Å². The van der Waals surface area contributed by atoms with Crippen LogP contribution in [0.4, 0.5) is 19.1 Å². The fourth-order valence-electron chi connectivity index (χ4n) is 2.17. The largest absolute Gasteiger partial charge is 0.471 e. The van der Waals surface area contributed by atoms with Crippen LogP contribution in [0.25, 0.3) is 11.4 Å². The third-order valence-electron chi connectivity index (χ3n) is 3.50. The fourth-order valence-corrected chi connectivity index (χ4v) is 2.17. The second kappa shape index (κ2) is 6.15. The van der Waals surface area contributed by atoms with Gasteiger partial charge in [0.05, 0.1) is 11.1 Å². The van der Waals surface area contributed by atoms with Gasteiger partial charge in [0.15, 0.2) is 0 Å². The third-order valence-corrected chi connectivity index (χ3v) is 3.50. The van der Waals surface area contributed by atoms with Gasteiger partial charge in [-0.3, -0.25) is 0 Å². The van der Waals surface area contributed by atoms with Crippen LogP contribution in [0.2, 0.25) is 0 Å². The molecule has 130 valence electrons. The van der Waals surface area contributed by atoms with Crippen LogP contribution < -0.4 is 5.32 Å².